The van der Waals surface area contributed by atoms with Gasteiger partial charge in [-0.2, -0.15) is 0 Å². The van der Waals surface area contributed by atoms with E-state index in [0.717, 1.165) is 0 Å². The fourth-order valence-electron chi connectivity index (χ4n) is 1.78. The van der Waals surface area contributed by atoms with Gasteiger partial charge in [0.15, 0.2) is 0 Å². The van der Waals surface area contributed by atoms with Crippen molar-refractivity contribution in [1.29, 1.82) is 0 Å². The van der Waals surface area contributed by atoms with E-state index >= 15 is 0 Å². The Hall–Kier alpha value is -2.37. The molecule has 2 rings (SSSR count). The van der Waals surface area contributed by atoms with Crippen LogP contribution in [0.1, 0.15) is 11.7 Å². The van der Waals surface area contributed by atoms with Gasteiger partial charge in [0.1, 0.15) is 0 Å². The Balaban J connectivity index is 1.84. The number of hydrogen-bond donors (Lipinski definition) is 3. The Morgan fingerprint density at radius 3 is 2.27 bits per heavy atom. The van der Waals surface area contributed by atoms with E-state index in [2.05, 4.69) is 10.6 Å². The summed E-state index contributed by atoms with van der Waals surface area (Å²) in [5.41, 5.74) is 1.13. The molecule has 2 aromatic rings. The van der Waals surface area contributed by atoms with Crippen LogP contribution >= 0.6 is 11.6 Å². The number of nitrogens with one attached hydrogen (secondary N) is 2. The first kappa shape index (κ1) is 16.0. The molecule has 0 bridgehead atoms. The van der Waals surface area contributed by atoms with E-state index in [4.69, 9.17) is 11.6 Å². The highest BCUT2D eigenvalue weighted by Crippen LogP contribution is 2.13. The van der Waals surface area contributed by atoms with Crippen molar-refractivity contribution in [3.05, 3.63) is 65.2 Å². The van der Waals surface area contributed by atoms with Gasteiger partial charge >= 0.3 is 11.8 Å². The quantitative estimate of drug-likeness (QED) is 0.756. The first-order valence-corrected chi connectivity index (χ1v) is 7.02. The molecule has 5 nitrogen and oxygen atoms in total. The monoisotopic (exact) mass is 318 g/mol. The molecule has 2 amide bonds. The number of hydrogen-bond acceptors (Lipinski definition) is 3. The maximum absolute atomic E-state index is 11.7. The smallest absolute Gasteiger partial charge is 0.313 e. The van der Waals surface area contributed by atoms with Crippen LogP contribution < -0.4 is 10.6 Å². The third kappa shape index (κ3) is 4.58. The average molecular weight is 319 g/mol. The van der Waals surface area contributed by atoms with Gasteiger partial charge in [0, 0.05) is 17.3 Å². The minimum Gasteiger partial charge on any atom is -0.387 e. The molecule has 6 heteroatoms. The maximum Gasteiger partial charge on any atom is 0.313 e. The number of carbonyl (C=O) groups excluding carboxylic acids is 2. The van der Waals surface area contributed by atoms with Crippen molar-refractivity contribution in [2.75, 3.05) is 11.9 Å². The molecule has 0 unspecified atom stereocenters. The molecule has 0 aromatic heterocycles. The van der Waals surface area contributed by atoms with Gasteiger partial charge in [-0.25, -0.2) is 0 Å². The molecule has 0 aliphatic rings. The molecule has 3 N–H and O–H groups in total. The number of amides is 2. The zero-order valence-electron chi connectivity index (χ0n) is 11.6. The van der Waals surface area contributed by atoms with Gasteiger partial charge in [0.2, 0.25) is 0 Å². The fourth-order valence-corrected chi connectivity index (χ4v) is 1.91. The lowest BCUT2D eigenvalue weighted by atomic mass is 10.1. The van der Waals surface area contributed by atoms with Crippen molar-refractivity contribution in [3.63, 3.8) is 0 Å². The Morgan fingerprint density at radius 2 is 1.64 bits per heavy atom. The lowest BCUT2D eigenvalue weighted by molar-refractivity contribution is -0.136. The SMILES string of the molecule is O=C(NC[C@H](O)c1ccccc1)C(=O)Nc1ccc(Cl)cc1. The van der Waals surface area contributed by atoms with E-state index in [9.17, 15) is 14.7 Å². The fraction of sp³-hybridized carbons (Fsp3) is 0.125. The zero-order chi connectivity index (χ0) is 15.9. The number of carbonyl (C=O) groups is 2. The first-order chi connectivity index (χ1) is 10.6. The summed E-state index contributed by atoms with van der Waals surface area (Å²) in [6.07, 6.45) is -0.867. The van der Waals surface area contributed by atoms with Crippen molar-refractivity contribution in [1.82, 2.24) is 5.32 Å². The largest absolute Gasteiger partial charge is 0.387 e. The van der Waals surface area contributed by atoms with Crippen LogP contribution in [0, 0.1) is 0 Å². The number of aliphatic hydroxyl groups is 1. The van der Waals surface area contributed by atoms with Gasteiger partial charge in [-0.1, -0.05) is 41.9 Å². The standard InChI is InChI=1S/C16H15ClN2O3/c17-12-6-8-13(9-7-12)19-16(22)15(21)18-10-14(20)11-4-2-1-3-5-11/h1-9,14,20H,10H2,(H,18,21)(H,19,22)/t14-/m0/s1. The van der Waals surface area contributed by atoms with Crippen LogP contribution in [-0.4, -0.2) is 23.5 Å². The Bertz CT molecular complexity index is 644. The normalized spacial score (nSPS) is 11.5. The molecule has 114 valence electrons. The molecule has 0 aliphatic carbocycles. The summed E-state index contributed by atoms with van der Waals surface area (Å²) in [5, 5.41) is 15.3. The van der Waals surface area contributed by atoms with E-state index < -0.39 is 17.9 Å². The van der Waals surface area contributed by atoms with Crippen molar-refractivity contribution in [3.8, 4) is 0 Å². The highest BCUT2D eigenvalue weighted by atomic mass is 35.5. The maximum atomic E-state index is 11.7. The van der Waals surface area contributed by atoms with E-state index in [-0.39, 0.29) is 6.54 Å². The molecule has 1 atom stereocenters. The molecule has 0 radical (unpaired) electrons. The summed E-state index contributed by atoms with van der Waals surface area (Å²) >= 11 is 5.73. The van der Waals surface area contributed by atoms with Crippen LogP contribution in [0.15, 0.2) is 54.6 Å². The van der Waals surface area contributed by atoms with E-state index in [1.54, 1.807) is 48.5 Å². The molecule has 2 aromatic carbocycles. The molecule has 0 fully saturated rings. The average Bonchev–Trinajstić information content (AvgIpc) is 2.55. The van der Waals surface area contributed by atoms with Crippen LogP contribution in [0.5, 0.6) is 0 Å². The summed E-state index contributed by atoms with van der Waals surface area (Å²) in [7, 11) is 0. The third-order valence-corrected chi connectivity index (χ3v) is 3.20. The highest BCUT2D eigenvalue weighted by molar-refractivity contribution is 6.39. The van der Waals surface area contributed by atoms with Crippen LogP contribution in [0.3, 0.4) is 0 Å². The molecule has 22 heavy (non-hydrogen) atoms. The summed E-state index contributed by atoms with van der Waals surface area (Å²) in [6.45, 7) is -0.0448. The molecule has 0 heterocycles. The second kappa shape index (κ2) is 7.59. The van der Waals surface area contributed by atoms with Crippen molar-refractivity contribution < 1.29 is 14.7 Å². The second-order valence-corrected chi connectivity index (χ2v) is 5.03. The lowest BCUT2D eigenvalue weighted by Crippen LogP contribution is -2.37. The summed E-state index contributed by atoms with van der Waals surface area (Å²) in [4.78, 5) is 23.4. The minimum absolute atomic E-state index is 0.0448. The number of rotatable bonds is 4. The van der Waals surface area contributed by atoms with E-state index in [0.29, 0.717) is 16.3 Å². The van der Waals surface area contributed by atoms with Crippen LogP contribution in [0.4, 0.5) is 5.69 Å². The van der Waals surface area contributed by atoms with Gasteiger partial charge in [0.05, 0.1) is 6.10 Å². The molecule has 0 aliphatic heterocycles. The third-order valence-electron chi connectivity index (χ3n) is 2.95. The van der Waals surface area contributed by atoms with E-state index in [1.165, 1.54) is 0 Å². The van der Waals surface area contributed by atoms with Gasteiger partial charge in [-0.3, -0.25) is 9.59 Å². The van der Waals surface area contributed by atoms with Crippen molar-refractivity contribution in [2.24, 2.45) is 0 Å². The molecular weight excluding hydrogens is 304 g/mol. The number of anilines is 1. The van der Waals surface area contributed by atoms with Crippen LogP contribution in [0.25, 0.3) is 0 Å². The predicted molar refractivity (Wildman–Crippen MR) is 84.5 cm³/mol. The Morgan fingerprint density at radius 1 is 1.00 bits per heavy atom. The second-order valence-electron chi connectivity index (χ2n) is 4.60. The van der Waals surface area contributed by atoms with Crippen molar-refractivity contribution >= 4 is 29.1 Å². The minimum atomic E-state index is -0.867. The summed E-state index contributed by atoms with van der Waals surface area (Å²) < 4.78 is 0. The van der Waals surface area contributed by atoms with Crippen LogP contribution in [-0.2, 0) is 9.59 Å². The van der Waals surface area contributed by atoms with Gasteiger partial charge in [-0.05, 0) is 29.8 Å². The van der Waals surface area contributed by atoms with Gasteiger partial charge in [0.25, 0.3) is 0 Å². The summed E-state index contributed by atoms with van der Waals surface area (Å²) in [5.74, 6) is -1.62. The Labute approximate surface area is 132 Å². The first-order valence-electron chi connectivity index (χ1n) is 6.64. The predicted octanol–water partition coefficient (Wildman–Crippen LogP) is 2.13. The van der Waals surface area contributed by atoms with Crippen LogP contribution in [0.2, 0.25) is 5.02 Å². The number of aliphatic hydroxyl groups excluding tert-OH is 1. The van der Waals surface area contributed by atoms with E-state index in [1.807, 2.05) is 6.07 Å². The highest BCUT2D eigenvalue weighted by Gasteiger charge is 2.15. The zero-order valence-corrected chi connectivity index (χ0v) is 12.4. The summed E-state index contributed by atoms with van der Waals surface area (Å²) in [6, 6.07) is 15.3. The molecule has 0 saturated heterocycles. The molecule has 0 saturated carbocycles. The topological polar surface area (TPSA) is 78.4 Å². The molecule has 0 spiro atoms. The molecular formula is C16H15ClN2O3. The van der Waals surface area contributed by atoms with Crippen molar-refractivity contribution in [2.45, 2.75) is 6.10 Å². The number of benzene rings is 2. The Kier molecular flexibility index (Phi) is 5.52. The number of halogens is 1. The van der Waals surface area contributed by atoms with Gasteiger partial charge in [-0.15, -0.1) is 0 Å². The lowest BCUT2D eigenvalue weighted by Gasteiger charge is -2.12. The van der Waals surface area contributed by atoms with Gasteiger partial charge < -0.3 is 15.7 Å².